The molecule has 2 heterocycles. The molecule has 1 fully saturated rings. The number of ether oxygens (including phenoxy) is 1. The molecule has 1 aliphatic rings. The Morgan fingerprint density at radius 2 is 2.38 bits per heavy atom. The standard InChI is InChI=1S/C10H13NO2/c12-5-9(8-6-13-7-8)10-3-1-2-4-11-10/h1-4,8-9,12H,5-7H2. The van der Waals surface area contributed by atoms with Crippen molar-refractivity contribution in [2.75, 3.05) is 19.8 Å². The summed E-state index contributed by atoms with van der Waals surface area (Å²) in [5.74, 6) is 0.592. The summed E-state index contributed by atoms with van der Waals surface area (Å²) in [6.45, 7) is 1.66. The van der Waals surface area contributed by atoms with Crippen LogP contribution in [0.4, 0.5) is 0 Å². The molecule has 3 heteroatoms. The first kappa shape index (κ1) is 8.66. The summed E-state index contributed by atoms with van der Waals surface area (Å²) >= 11 is 0. The van der Waals surface area contributed by atoms with Gasteiger partial charge in [0, 0.05) is 23.7 Å². The molecule has 1 saturated heterocycles. The molecule has 1 N–H and O–H groups in total. The van der Waals surface area contributed by atoms with Gasteiger partial charge in [-0.05, 0) is 12.1 Å². The van der Waals surface area contributed by atoms with Crippen molar-refractivity contribution in [3.8, 4) is 0 Å². The molecule has 1 aliphatic heterocycles. The van der Waals surface area contributed by atoms with Gasteiger partial charge >= 0.3 is 0 Å². The number of nitrogens with zero attached hydrogens (tertiary/aromatic N) is 1. The van der Waals surface area contributed by atoms with E-state index in [1.807, 2.05) is 18.2 Å². The van der Waals surface area contributed by atoms with Gasteiger partial charge in [-0.2, -0.15) is 0 Å². The van der Waals surface area contributed by atoms with Crippen molar-refractivity contribution in [2.24, 2.45) is 5.92 Å². The Morgan fingerprint density at radius 1 is 1.54 bits per heavy atom. The van der Waals surface area contributed by atoms with E-state index in [0.717, 1.165) is 18.9 Å². The zero-order chi connectivity index (χ0) is 9.10. The van der Waals surface area contributed by atoms with Crippen LogP contribution in [0.3, 0.4) is 0 Å². The van der Waals surface area contributed by atoms with Gasteiger partial charge in [-0.15, -0.1) is 0 Å². The summed E-state index contributed by atoms with van der Waals surface area (Å²) in [4.78, 5) is 4.24. The van der Waals surface area contributed by atoms with Crippen molar-refractivity contribution in [1.82, 2.24) is 4.98 Å². The van der Waals surface area contributed by atoms with Gasteiger partial charge in [0.05, 0.1) is 19.8 Å². The van der Waals surface area contributed by atoms with Crippen LogP contribution in [0, 0.1) is 5.92 Å². The smallest absolute Gasteiger partial charge is 0.0523 e. The molecule has 0 radical (unpaired) electrons. The molecule has 0 spiro atoms. The zero-order valence-corrected chi connectivity index (χ0v) is 7.39. The Hall–Kier alpha value is -0.930. The molecule has 1 atom stereocenters. The van der Waals surface area contributed by atoms with Crippen LogP contribution in [0.1, 0.15) is 11.6 Å². The highest BCUT2D eigenvalue weighted by atomic mass is 16.5. The quantitative estimate of drug-likeness (QED) is 0.746. The second-order valence-electron chi connectivity index (χ2n) is 3.34. The highest BCUT2D eigenvalue weighted by Gasteiger charge is 2.29. The second kappa shape index (κ2) is 3.85. The third kappa shape index (κ3) is 1.71. The summed E-state index contributed by atoms with van der Waals surface area (Å²) in [6, 6.07) is 5.79. The summed E-state index contributed by atoms with van der Waals surface area (Å²) in [7, 11) is 0. The fourth-order valence-electron chi connectivity index (χ4n) is 1.57. The molecule has 0 amide bonds. The molecule has 1 unspecified atom stereocenters. The Balaban J connectivity index is 2.12. The number of pyridine rings is 1. The Kier molecular flexibility index (Phi) is 2.57. The van der Waals surface area contributed by atoms with Crippen molar-refractivity contribution < 1.29 is 9.84 Å². The third-order valence-corrected chi connectivity index (χ3v) is 2.50. The lowest BCUT2D eigenvalue weighted by molar-refractivity contribution is -0.0533. The topological polar surface area (TPSA) is 42.4 Å². The van der Waals surface area contributed by atoms with E-state index in [-0.39, 0.29) is 12.5 Å². The predicted molar refractivity (Wildman–Crippen MR) is 48.4 cm³/mol. The molecule has 0 aromatic carbocycles. The van der Waals surface area contributed by atoms with E-state index in [0.29, 0.717) is 5.92 Å². The second-order valence-corrected chi connectivity index (χ2v) is 3.34. The van der Waals surface area contributed by atoms with E-state index in [1.54, 1.807) is 6.20 Å². The van der Waals surface area contributed by atoms with Crippen LogP contribution in [0.15, 0.2) is 24.4 Å². The Morgan fingerprint density at radius 3 is 2.85 bits per heavy atom. The van der Waals surface area contributed by atoms with Gasteiger partial charge in [0.15, 0.2) is 0 Å². The van der Waals surface area contributed by atoms with E-state index in [9.17, 15) is 5.11 Å². The average Bonchev–Trinajstić information content (AvgIpc) is 2.12. The van der Waals surface area contributed by atoms with Crippen LogP contribution in [-0.4, -0.2) is 29.9 Å². The fourth-order valence-corrected chi connectivity index (χ4v) is 1.57. The average molecular weight is 179 g/mol. The van der Waals surface area contributed by atoms with Gasteiger partial charge in [0.25, 0.3) is 0 Å². The molecule has 70 valence electrons. The summed E-state index contributed by atoms with van der Waals surface area (Å²) in [5, 5.41) is 9.22. The SMILES string of the molecule is OCC(c1ccccn1)C1COC1. The maximum Gasteiger partial charge on any atom is 0.0523 e. The summed E-state index contributed by atoms with van der Waals surface area (Å²) < 4.78 is 5.10. The Bertz CT molecular complexity index is 259. The molecular weight excluding hydrogens is 166 g/mol. The number of rotatable bonds is 3. The van der Waals surface area contributed by atoms with E-state index < -0.39 is 0 Å². The molecule has 13 heavy (non-hydrogen) atoms. The lowest BCUT2D eigenvalue weighted by Gasteiger charge is -2.32. The van der Waals surface area contributed by atoms with Crippen LogP contribution in [0.25, 0.3) is 0 Å². The van der Waals surface area contributed by atoms with Crippen molar-refractivity contribution in [3.05, 3.63) is 30.1 Å². The van der Waals surface area contributed by atoms with E-state index in [4.69, 9.17) is 4.74 Å². The molecule has 1 aromatic rings. The first-order valence-electron chi connectivity index (χ1n) is 4.51. The van der Waals surface area contributed by atoms with Gasteiger partial charge in [-0.25, -0.2) is 0 Å². The van der Waals surface area contributed by atoms with E-state index in [1.165, 1.54) is 0 Å². The van der Waals surface area contributed by atoms with Gasteiger partial charge in [-0.1, -0.05) is 6.07 Å². The number of hydrogen-bond donors (Lipinski definition) is 1. The van der Waals surface area contributed by atoms with Crippen LogP contribution in [0.5, 0.6) is 0 Å². The molecule has 0 saturated carbocycles. The highest BCUT2D eigenvalue weighted by molar-refractivity contribution is 5.11. The lowest BCUT2D eigenvalue weighted by Crippen LogP contribution is -2.35. The van der Waals surface area contributed by atoms with Crippen molar-refractivity contribution in [3.63, 3.8) is 0 Å². The van der Waals surface area contributed by atoms with Crippen LogP contribution < -0.4 is 0 Å². The summed E-state index contributed by atoms with van der Waals surface area (Å²) in [6.07, 6.45) is 1.76. The minimum atomic E-state index is 0.148. The number of aliphatic hydroxyl groups is 1. The number of hydrogen-bond acceptors (Lipinski definition) is 3. The molecular formula is C10H13NO2. The van der Waals surface area contributed by atoms with Gasteiger partial charge in [-0.3, -0.25) is 4.98 Å². The third-order valence-electron chi connectivity index (χ3n) is 2.50. The molecule has 1 aromatic heterocycles. The number of aliphatic hydroxyl groups excluding tert-OH is 1. The number of aromatic nitrogens is 1. The van der Waals surface area contributed by atoms with E-state index in [2.05, 4.69) is 4.98 Å². The minimum Gasteiger partial charge on any atom is -0.396 e. The van der Waals surface area contributed by atoms with Gasteiger partial charge in [0.2, 0.25) is 0 Å². The van der Waals surface area contributed by atoms with Crippen LogP contribution in [-0.2, 0) is 4.74 Å². The molecule has 3 nitrogen and oxygen atoms in total. The molecule has 2 rings (SSSR count). The Labute approximate surface area is 77.4 Å². The lowest BCUT2D eigenvalue weighted by atomic mass is 9.88. The molecule has 0 aliphatic carbocycles. The van der Waals surface area contributed by atoms with Crippen LogP contribution in [0.2, 0.25) is 0 Å². The van der Waals surface area contributed by atoms with Gasteiger partial charge < -0.3 is 9.84 Å². The van der Waals surface area contributed by atoms with Crippen molar-refractivity contribution in [2.45, 2.75) is 5.92 Å². The van der Waals surface area contributed by atoms with Crippen molar-refractivity contribution >= 4 is 0 Å². The first-order valence-corrected chi connectivity index (χ1v) is 4.51. The maximum atomic E-state index is 9.22. The predicted octanol–water partition coefficient (Wildman–Crippen LogP) is 0.804. The van der Waals surface area contributed by atoms with E-state index >= 15 is 0 Å². The fraction of sp³-hybridized carbons (Fsp3) is 0.500. The monoisotopic (exact) mass is 179 g/mol. The largest absolute Gasteiger partial charge is 0.396 e. The summed E-state index contributed by atoms with van der Waals surface area (Å²) in [5.41, 5.74) is 0.971. The first-order chi connectivity index (χ1) is 6.42. The minimum absolute atomic E-state index is 0.148. The zero-order valence-electron chi connectivity index (χ0n) is 7.39. The van der Waals surface area contributed by atoms with Crippen LogP contribution >= 0.6 is 0 Å². The molecule has 0 bridgehead atoms. The maximum absolute atomic E-state index is 9.22. The van der Waals surface area contributed by atoms with Gasteiger partial charge in [0.1, 0.15) is 0 Å². The highest BCUT2D eigenvalue weighted by Crippen LogP contribution is 2.28. The normalized spacial score (nSPS) is 19.5. The van der Waals surface area contributed by atoms with Crippen molar-refractivity contribution in [1.29, 1.82) is 0 Å².